The summed E-state index contributed by atoms with van der Waals surface area (Å²) < 4.78 is 0. The Morgan fingerprint density at radius 1 is 1.23 bits per heavy atom. The summed E-state index contributed by atoms with van der Waals surface area (Å²) in [5.41, 5.74) is 0. The number of rotatable bonds is 2. The highest BCUT2D eigenvalue weighted by molar-refractivity contribution is 4.84. The van der Waals surface area contributed by atoms with Gasteiger partial charge in [-0.25, -0.2) is 0 Å². The second kappa shape index (κ2) is 4.43. The van der Waals surface area contributed by atoms with E-state index in [-0.39, 0.29) is 0 Å². The molecule has 0 radical (unpaired) electrons. The SMILES string of the molecule is CC1CCNC1CN1CCCCC1. The monoisotopic (exact) mass is 182 g/mol. The van der Waals surface area contributed by atoms with E-state index in [9.17, 15) is 0 Å². The molecule has 1 N–H and O–H groups in total. The molecule has 2 aliphatic rings. The van der Waals surface area contributed by atoms with Gasteiger partial charge in [0.2, 0.25) is 0 Å². The van der Waals surface area contributed by atoms with Crippen molar-refractivity contribution in [2.24, 2.45) is 5.92 Å². The van der Waals surface area contributed by atoms with E-state index in [2.05, 4.69) is 17.1 Å². The van der Waals surface area contributed by atoms with Crippen molar-refractivity contribution in [1.29, 1.82) is 0 Å². The normalized spacial score (nSPS) is 36.7. The highest BCUT2D eigenvalue weighted by Gasteiger charge is 2.25. The largest absolute Gasteiger partial charge is 0.312 e. The maximum absolute atomic E-state index is 3.61. The Balaban J connectivity index is 1.75. The molecule has 0 saturated carbocycles. The highest BCUT2D eigenvalue weighted by Crippen LogP contribution is 2.17. The molecule has 0 aliphatic carbocycles. The first-order chi connectivity index (χ1) is 6.36. The van der Waals surface area contributed by atoms with Gasteiger partial charge in [-0.1, -0.05) is 13.3 Å². The molecule has 0 spiro atoms. The van der Waals surface area contributed by atoms with Gasteiger partial charge in [0.15, 0.2) is 0 Å². The highest BCUT2D eigenvalue weighted by atomic mass is 15.2. The van der Waals surface area contributed by atoms with Gasteiger partial charge in [-0.15, -0.1) is 0 Å². The first-order valence-electron chi connectivity index (χ1n) is 5.82. The molecular formula is C11H22N2. The summed E-state index contributed by atoms with van der Waals surface area (Å²) in [6.07, 6.45) is 5.66. The zero-order valence-corrected chi connectivity index (χ0v) is 8.76. The second-order valence-corrected chi connectivity index (χ2v) is 4.69. The molecule has 2 nitrogen and oxygen atoms in total. The number of nitrogens with one attached hydrogen (secondary N) is 1. The van der Waals surface area contributed by atoms with Crippen LogP contribution in [0.25, 0.3) is 0 Å². The van der Waals surface area contributed by atoms with Gasteiger partial charge in [-0.05, 0) is 44.8 Å². The summed E-state index contributed by atoms with van der Waals surface area (Å²) >= 11 is 0. The summed E-state index contributed by atoms with van der Waals surface area (Å²) in [6, 6.07) is 0.776. The van der Waals surface area contributed by atoms with E-state index < -0.39 is 0 Å². The molecule has 2 heteroatoms. The van der Waals surface area contributed by atoms with Crippen LogP contribution in [0.15, 0.2) is 0 Å². The predicted octanol–water partition coefficient (Wildman–Crippen LogP) is 1.47. The first kappa shape index (κ1) is 9.47. The molecule has 2 saturated heterocycles. The minimum Gasteiger partial charge on any atom is -0.312 e. The molecule has 0 aromatic rings. The lowest BCUT2D eigenvalue weighted by Crippen LogP contribution is -2.42. The lowest BCUT2D eigenvalue weighted by molar-refractivity contribution is 0.199. The Bertz CT molecular complexity index is 152. The van der Waals surface area contributed by atoms with Gasteiger partial charge in [0.25, 0.3) is 0 Å². The van der Waals surface area contributed by atoms with E-state index in [0.29, 0.717) is 0 Å². The number of nitrogens with zero attached hydrogens (tertiary/aromatic N) is 1. The third kappa shape index (κ3) is 2.44. The first-order valence-corrected chi connectivity index (χ1v) is 5.82. The van der Waals surface area contributed by atoms with Crippen LogP contribution < -0.4 is 5.32 Å². The van der Waals surface area contributed by atoms with Crippen LogP contribution in [-0.4, -0.2) is 37.1 Å². The Morgan fingerprint density at radius 2 is 2.00 bits per heavy atom. The Morgan fingerprint density at radius 3 is 2.62 bits per heavy atom. The Labute approximate surface area is 81.7 Å². The molecule has 2 fully saturated rings. The minimum absolute atomic E-state index is 0.776. The fourth-order valence-corrected chi connectivity index (χ4v) is 2.56. The number of piperidine rings is 1. The van der Waals surface area contributed by atoms with Crippen molar-refractivity contribution in [2.45, 2.75) is 38.6 Å². The van der Waals surface area contributed by atoms with Crippen LogP contribution in [0.5, 0.6) is 0 Å². The zero-order chi connectivity index (χ0) is 9.10. The van der Waals surface area contributed by atoms with Crippen molar-refractivity contribution in [2.75, 3.05) is 26.2 Å². The Kier molecular flexibility index (Phi) is 3.23. The molecule has 2 atom stereocenters. The standard InChI is InChI=1S/C11H22N2/c1-10-5-6-12-11(10)9-13-7-3-2-4-8-13/h10-12H,2-9H2,1H3. The summed E-state index contributed by atoms with van der Waals surface area (Å²) in [5, 5.41) is 3.61. The van der Waals surface area contributed by atoms with Crippen LogP contribution in [0, 0.1) is 5.92 Å². The van der Waals surface area contributed by atoms with Gasteiger partial charge < -0.3 is 10.2 Å². The maximum Gasteiger partial charge on any atom is 0.0221 e. The summed E-state index contributed by atoms with van der Waals surface area (Å²) in [6.45, 7) is 7.59. The van der Waals surface area contributed by atoms with E-state index in [1.807, 2.05) is 0 Å². The van der Waals surface area contributed by atoms with E-state index in [0.717, 1.165) is 12.0 Å². The Hall–Kier alpha value is -0.0800. The second-order valence-electron chi connectivity index (χ2n) is 4.69. The zero-order valence-electron chi connectivity index (χ0n) is 8.76. The van der Waals surface area contributed by atoms with E-state index in [4.69, 9.17) is 0 Å². The number of hydrogen-bond acceptors (Lipinski definition) is 2. The summed E-state index contributed by atoms with van der Waals surface area (Å²) in [4.78, 5) is 2.64. The van der Waals surface area contributed by atoms with Crippen molar-refractivity contribution in [3.05, 3.63) is 0 Å². The minimum atomic E-state index is 0.776. The van der Waals surface area contributed by atoms with E-state index >= 15 is 0 Å². The number of hydrogen-bond donors (Lipinski definition) is 1. The smallest absolute Gasteiger partial charge is 0.0221 e. The van der Waals surface area contributed by atoms with E-state index in [1.54, 1.807) is 0 Å². The van der Waals surface area contributed by atoms with Crippen LogP contribution in [0.4, 0.5) is 0 Å². The molecule has 2 aliphatic heterocycles. The molecule has 0 aromatic heterocycles. The van der Waals surface area contributed by atoms with Crippen molar-refractivity contribution in [3.8, 4) is 0 Å². The topological polar surface area (TPSA) is 15.3 Å². The lowest BCUT2D eigenvalue weighted by atomic mass is 10.0. The molecule has 2 unspecified atom stereocenters. The quantitative estimate of drug-likeness (QED) is 0.695. The lowest BCUT2D eigenvalue weighted by Gasteiger charge is -2.30. The molecular weight excluding hydrogens is 160 g/mol. The molecule has 2 heterocycles. The van der Waals surface area contributed by atoms with Gasteiger partial charge in [0, 0.05) is 12.6 Å². The van der Waals surface area contributed by atoms with Crippen LogP contribution in [-0.2, 0) is 0 Å². The fraction of sp³-hybridized carbons (Fsp3) is 1.00. The molecule has 2 rings (SSSR count). The molecule has 0 aromatic carbocycles. The van der Waals surface area contributed by atoms with Gasteiger partial charge in [0.05, 0.1) is 0 Å². The van der Waals surface area contributed by atoms with Gasteiger partial charge in [-0.2, -0.15) is 0 Å². The van der Waals surface area contributed by atoms with Crippen molar-refractivity contribution < 1.29 is 0 Å². The third-order valence-corrected chi connectivity index (χ3v) is 3.60. The van der Waals surface area contributed by atoms with Gasteiger partial charge in [-0.3, -0.25) is 0 Å². The molecule has 0 bridgehead atoms. The molecule has 76 valence electrons. The van der Waals surface area contributed by atoms with E-state index in [1.165, 1.54) is 51.9 Å². The van der Waals surface area contributed by atoms with Crippen LogP contribution >= 0.6 is 0 Å². The predicted molar refractivity (Wildman–Crippen MR) is 55.9 cm³/mol. The van der Waals surface area contributed by atoms with Gasteiger partial charge in [0.1, 0.15) is 0 Å². The molecule has 13 heavy (non-hydrogen) atoms. The van der Waals surface area contributed by atoms with Crippen molar-refractivity contribution >= 4 is 0 Å². The summed E-state index contributed by atoms with van der Waals surface area (Å²) in [5.74, 6) is 0.891. The number of likely N-dealkylation sites (tertiary alicyclic amines) is 1. The van der Waals surface area contributed by atoms with Gasteiger partial charge >= 0.3 is 0 Å². The third-order valence-electron chi connectivity index (χ3n) is 3.60. The maximum atomic E-state index is 3.61. The van der Waals surface area contributed by atoms with Crippen molar-refractivity contribution in [1.82, 2.24) is 10.2 Å². The average molecular weight is 182 g/mol. The molecule has 0 amide bonds. The van der Waals surface area contributed by atoms with Crippen molar-refractivity contribution in [3.63, 3.8) is 0 Å². The fourth-order valence-electron chi connectivity index (χ4n) is 2.56. The van der Waals surface area contributed by atoms with Crippen LogP contribution in [0.3, 0.4) is 0 Å². The summed E-state index contributed by atoms with van der Waals surface area (Å²) in [7, 11) is 0. The van der Waals surface area contributed by atoms with Crippen LogP contribution in [0.1, 0.15) is 32.6 Å². The average Bonchev–Trinajstić information content (AvgIpc) is 2.54. The van der Waals surface area contributed by atoms with Crippen LogP contribution in [0.2, 0.25) is 0 Å².